The molecule has 1 aliphatic heterocycles. The van der Waals surface area contributed by atoms with Gasteiger partial charge in [0.15, 0.2) is 0 Å². The maximum atomic E-state index is 5.47. The molecule has 2 aliphatic rings. The molecule has 0 amide bonds. The first-order chi connectivity index (χ1) is 10.4. The van der Waals surface area contributed by atoms with Crippen LogP contribution in [0, 0.1) is 5.92 Å². The van der Waals surface area contributed by atoms with Gasteiger partial charge in [0, 0.05) is 17.0 Å². The third-order valence-corrected chi connectivity index (χ3v) is 5.63. The molecule has 5 heteroatoms. The molecule has 112 valence electrons. The summed E-state index contributed by atoms with van der Waals surface area (Å²) in [5, 5.41) is 8.23. The van der Waals surface area contributed by atoms with Crippen molar-refractivity contribution >= 4 is 11.3 Å². The Balaban J connectivity index is 1.47. The van der Waals surface area contributed by atoms with Crippen LogP contribution in [-0.2, 0) is 6.54 Å². The lowest BCUT2D eigenvalue weighted by Gasteiger charge is -2.43. The second-order valence-electron chi connectivity index (χ2n) is 6.25. The Morgan fingerprint density at radius 1 is 1.24 bits per heavy atom. The first kappa shape index (κ1) is 13.5. The van der Waals surface area contributed by atoms with E-state index in [9.17, 15) is 0 Å². The van der Waals surface area contributed by atoms with E-state index in [-0.39, 0.29) is 0 Å². The molecule has 0 bridgehead atoms. The summed E-state index contributed by atoms with van der Waals surface area (Å²) >= 11 is 1.66. The standard InChI is InChI=1S/C16H21N3OS/c1-2-6-14-12(4-1)5-3-8-19(14)10-15-17-16(18-20-15)13-7-9-21-11-13/h7,9,11-12,14H,1-6,8,10H2. The molecular formula is C16H21N3OS. The molecule has 4 rings (SSSR count). The van der Waals surface area contributed by atoms with Crippen LogP contribution in [0.1, 0.15) is 44.4 Å². The van der Waals surface area contributed by atoms with Crippen LogP contribution in [0.3, 0.4) is 0 Å². The molecule has 2 aromatic heterocycles. The molecule has 3 heterocycles. The number of thiophene rings is 1. The van der Waals surface area contributed by atoms with Gasteiger partial charge in [-0.25, -0.2) is 0 Å². The summed E-state index contributed by atoms with van der Waals surface area (Å²) in [6.45, 7) is 2.00. The highest BCUT2D eigenvalue weighted by atomic mass is 32.1. The molecule has 1 saturated carbocycles. The highest BCUT2D eigenvalue weighted by molar-refractivity contribution is 7.08. The van der Waals surface area contributed by atoms with Gasteiger partial charge < -0.3 is 4.52 Å². The van der Waals surface area contributed by atoms with Crippen LogP contribution in [0.25, 0.3) is 11.4 Å². The molecule has 4 nitrogen and oxygen atoms in total. The molecule has 21 heavy (non-hydrogen) atoms. The molecule has 0 aromatic carbocycles. The SMILES string of the molecule is c1cc(-c2noc(CN3CCCC4CCCCC43)n2)cs1. The van der Waals surface area contributed by atoms with Gasteiger partial charge >= 0.3 is 0 Å². The summed E-state index contributed by atoms with van der Waals surface area (Å²) in [7, 11) is 0. The zero-order valence-corrected chi connectivity index (χ0v) is 13.0. The Hall–Kier alpha value is -1.20. The van der Waals surface area contributed by atoms with Crippen molar-refractivity contribution in [3.63, 3.8) is 0 Å². The Bertz CT molecular complexity index is 578. The van der Waals surface area contributed by atoms with E-state index in [0.29, 0.717) is 0 Å². The molecule has 0 radical (unpaired) electrons. The highest BCUT2D eigenvalue weighted by Crippen LogP contribution is 2.35. The van der Waals surface area contributed by atoms with Gasteiger partial charge in [-0.3, -0.25) is 4.90 Å². The molecular weight excluding hydrogens is 282 g/mol. The minimum absolute atomic E-state index is 0.725. The molecule has 2 unspecified atom stereocenters. The predicted octanol–water partition coefficient (Wildman–Crippen LogP) is 3.95. The zero-order valence-electron chi connectivity index (χ0n) is 12.2. The van der Waals surface area contributed by atoms with E-state index in [2.05, 4.69) is 20.4 Å². The number of piperidine rings is 1. The fourth-order valence-electron chi connectivity index (χ4n) is 3.93. The van der Waals surface area contributed by atoms with Gasteiger partial charge in [-0.05, 0) is 49.6 Å². The van der Waals surface area contributed by atoms with E-state index >= 15 is 0 Å². The number of fused-ring (bicyclic) bond motifs is 1. The van der Waals surface area contributed by atoms with Crippen molar-refractivity contribution in [2.75, 3.05) is 6.54 Å². The topological polar surface area (TPSA) is 42.2 Å². The van der Waals surface area contributed by atoms with Crippen molar-refractivity contribution in [3.05, 3.63) is 22.7 Å². The average Bonchev–Trinajstić information content (AvgIpc) is 3.18. The largest absolute Gasteiger partial charge is 0.338 e. The van der Waals surface area contributed by atoms with E-state index in [1.165, 1.54) is 45.1 Å². The lowest BCUT2D eigenvalue weighted by atomic mass is 9.78. The van der Waals surface area contributed by atoms with Crippen LogP contribution in [-0.4, -0.2) is 27.6 Å². The van der Waals surface area contributed by atoms with Gasteiger partial charge in [0.25, 0.3) is 0 Å². The maximum absolute atomic E-state index is 5.47. The third kappa shape index (κ3) is 2.77. The van der Waals surface area contributed by atoms with Crippen LogP contribution >= 0.6 is 11.3 Å². The van der Waals surface area contributed by atoms with Gasteiger partial charge in [-0.2, -0.15) is 16.3 Å². The number of nitrogens with zero attached hydrogens (tertiary/aromatic N) is 3. The van der Waals surface area contributed by atoms with E-state index in [1.54, 1.807) is 11.3 Å². The summed E-state index contributed by atoms with van der Waals surface area (Å²) < 4.78 is 5.47. The lowest BCUT2D eigenvalue weighted by molar-refractivity contribution is 0.0466. The summed E-state index contributed by atoms with van der Waals surface area (Å²) in [4.78, 5) is 7.15. The average molecular weight is 303 g/mol. The summed E-state index contributed by atoms with van der Waals surface area (Å²) in [5.41, 5.74) is 1.06. The fraction of sp³-hybridized carbons (Fsp3) is 0.625. The van der Waals surface area contributed by atoms with Crippen molar-refractivity contribution in [1.29, 1.82) is 0 Å². The first-order valence-corrected chi connectivity index (χ1v) is 8.93. The molecule has 1 aliphatic carbocycles. The molecule has 2 aromatic rings. The van der Waals surface area contributed by atoms with Crippen LogP contribution in [0.4, 0.5) is 0 Å². The Kier molecular flexibility index (Phi) is 3.78. The minimum Gasteiger partial charge on any atom is -0.338 e. The minimum atomic E-state index is 0.725. The molecule has 0 N–H and O–H groups in total. The number of aromatic nitrogens is 2. The van der Waals surface area contributed by atoms with Crippen LogP contribution in [0.5, 0.6) is 0 Å². The molecule has 1 saturated heterocycles. The Morgan fingerprint density at radius 3 is 3.05 bits per heavy atom. The van der Waals surface area contributed by atoms with Crippen molar-refractivity contribution < 1.29 is 4.52 Å². The monoisotopic (exact) mass is 303 g/mol. The molecule has 2 atom stereocenters. The second kappa shape index (κ2) is 5.89. The van der Waals surface area contributed by atoms with Crippen molar-refractivity contribution in [1.82, 2.24) is 15.0 Å². The zero-order chi connectivity index (χ0) is 14.1. The second-order valence-corrected chi connectivity index (χ2v) is 7.03. The first-order valence-electron chi connectivity index (χ1n) is 7.99. The van der Waals surface area contributed by atoms with Crippen molar-refractivity contribution in [3.8, 4) is 11.4 Å². The fourth-order valence-corrected chi connectivity index (χ4v) is 4.56. The van der Waals surface area contributed by atoms with Gasteiger partial charge in [-0.15, -0.1) is 0 Å². The summed E-state index contributed by atoms with van der Waals surface area (Å²) in [5.74, 6) is 2.39. The smallest absolute Gasteiger partial charge is 0.241 e. The predicted molar refractivity (Wildman–Crippen MR) is 83.0 cm³/mol. The molecule has 2 fully saturated rings. The lowest BCUT2D eigenvalue weighted by Crippen LogP contribution is -2.46. The van der Waals surface area contributed by atoms with Crippen LogP contribution in [0.15, 0.2) is 21.3 Å². The number of likely N-dealkylation sites (tertiary alicyclic amines) is 1. The number of rotatable bonds is 3. The van der Waals surface area contributed by atoms with E-state index < -0.39 is 0 Å². The van der Waals surface area contributed by atoms with Crippen molar-refractivity contribution in [2.45, 2.75) is 51.1 Å². The quantitative estimate of drug-likeness (QED) is 0.861. The number of hydrogen-bond donors (Lipinski definition) is 0. The van der Waals surface area contributed by atoms with Crippen LogP contribution < -0.4 is 0 Å². The number of hydrogen-bond acceptors (Lipinski definition) is 5. The van der Waals surface area contributed by atoms with Gasteiger partial charge in [0.1, 0.15) is 0 Å². The Labute approximate surface area is 129 Å². The van der Waals surface area contributed by atoms with Crippen LogP contribution in [0.2, 0.25) is 0 Å². The van der Waals surface area contributed by atoms with E-state index in [4.69, 9.17) is 4.52 Å². The highest BCUT2D eigenvalue weighted by Gasteiger charge is 2.33. The van der Waals surface area contributed by atoms with E-state index in [0.717, 1.165) is 35.8 Å². The normalized spacial score (nSPS) is 26.7. The summed E-state index contributed by atoms with van der Waals surface area (Å²) in [6.07, 6.45) is 8.26. The molecule has 0 spiro atoms. The van der Waals surface area contributed by atoms with Crippen molar-refractivity contribution in [2.24, 2.45) is 5.92 Å². The Morgan fingerprint density at radius 2 is 2.14 bits per heavy atom. The van der Waals surface area contributed by atoms with Gasteiger partial charge in [-0.1, -0.05) is 18.0 Å². The van der Waals surface area contributed by atoms with Gasteiger partial charge in [0.2, 0.25) is 11.7 Å². The van der Waals surface area contributed by atoms with E-state index in [1.807, 2.05) is 11.4 Å². The maximum Gasteiger partial charge on any atom is 0.241 e. The third-order valence-electron chi connectivity index (χ3n) is 4.94. The van der Waals surface area contributed by atoms with Gasteiger partial charge in [0.05, 0.1) is 6.54 Å². The summed E-state index contributed by atoms with van der Waals surface area (Å²) in [6, 6.07) is 2.78.